The highest BCUT2D eigenvalue weighted by atomic mass is 16.5. The molecule has 1 amide bonds. The second-order valence-electron chi connectivity index (χ2n) is 5.24. The first-order chi connectivity index (χ1) is 11.7. The van der Waals surface area contributed by atoms with Crippen molar-refractivity contribution in [1.82, 2.24) is 4.98 Å². The number of hydrogen-bond acceptors (Lipinski definition) is 5. The Balaban J connectivity index is 1.72. The van der Waals surface area contributed by atoms with Gasteiger partial charge in [-0.2, -0.15) is 0 Å². The van der Waals surface area contributed by atoms with E-state index < -0.39 is 0 Å². The second-order valence-corrected chi connectivity index (χ2v) is 5.24. The van der Waals surface area contributed by atoms with Crippen molar-refractivity contribution in [3.05, 3.63) is 53.9 Å². The van der Waals surface area contributed by atoms with E-state index in [9.17, 15) is 4.79 Å². The number of fused-ring (bicyclic) bond motifs is 1. The first kappa shape index (κ1) is 16.0. The first-order valence-corrected chi connectivity index (χ1v) is 7.56. The summed E-state index contributed by atoms with van der Waals surface area (Å²) in [4.78, 5) is 16.7. The molecule has 0 atom stereocenters. The van der Waals surface area contributed by atoms with Crippen molar-refractivity contribution in [2.45, 2.75) is 6.92 Å². The molecular weight excluding hydrogens is 308 g/mol. The molecule has 0 bridgehead atoms. The number of hydrogen-bond donors (Lipinski definition) is 1. The van der Waals surface area contributed by atoms with Crippen LogP contribution >= 0.6 is 0 Å². The Morgan fingerprint density at radius 1 is 1.21 bits per heavy atom. The summed E-state index contributed by atoms with van der Waals surface area (Å²) in [7, 11) is 1.61. The van der Waals surface area contributed by atoms with Crippen LogP contribution in [-0.2, 0) is 4.74 Å². The molecule has 6 heteroatoms. The maximum Gasteiger partial charge on any atom is 0.255 e. The number of aryl methyl sites for hydroxylation is 1. The van der Waals surface area contributed by atoms with Gasteiger partial charge in [-0.15, -0.1) is 0 Å². The highest BCUT2D eigenvalue weighted by molar-refractivity contribution is 6.05. The maximum absolute atomic E-state index is 12.4. The molecule has 3 rings (SSSR count). The Labute approximate surface area is 139 Å². The fraction of sp³-hybridized carbons (Fsp3) is 0.222. The highest BCUT2D eigenvalue weighted by Crippen LogP contribution is 2.21. The van der Waals surface area contributed by atoms with Crippen LogP contribution in [0, 0.1) is 6.92 Å². The summed E-state index contributed by atoms with van der Waals surface area (Å²) in [5.74, 6) is 1.00. The highest BCUT2D eigenvalue weighted by Gasteiger charge is 2.09. The molecule has 24 heavy (non-hydrogen) atoms. The SMILES string of the molecule is COCCOc1cccc(C(=O)Nc2ccc3oc(C)nc3c2)c1. The van der Waals surface area contributed by atoms with Crippen LogP contribution in [0.1, 0.15) is 16.2 Å². The van der Waals surface area contributed by atoms with Gasteiger partial charge in [0, 0.05) is 25.3 Å². The van der Waals surface area contributed by atoms with Gasteiger partial charge in [-0.3, -0.25) is 4.79 Å². The molecule has 3 aromatic rings. The quantitative estimate of drug-likeness (QED) is 0.703. The summed E-state index contributed by atoms with van der Waals surface area (Å²) >= 11 is 0. The Kier molecular flexibility index (Phi) is 4.77. The lowest BCUT2D eigenvalue weighted by atomic mass is 10.2. The first-order valence-electron chi connectivity index (χ1n) is 7.56. The van der Waals surface area contributed by atoms with Gasteiger partial charge < -0.3 is 19.2 Å². The van der Waals surface area contributed by atoms with E-state index in [0.717, 1.165) is 0 Å². The summed E-state index contributed by atoms with van der Waals surface area (Å²) in [5, 5.41) is 2.85. The van der Waals surface area contributed by atoms with Crippen molar-refractivity contribution in [2.75, 3.05) is 25.6 Å². The van der Waals surface area contributed by atoms with E-state index >= 15 is 0 Å². The number of nitrogens with zero attached hydrogens (tertiary/aromatic N) is 1. The lowest BCUT2D eigenvalue weighted by Crippen LogP contribution is -2.12. The van der Waals surface area contributed by atoms with Gasteiger partial charge in [-0.05, 0) is 36.4 Å². The largest absolute Gasteiger partial charge is 0.491 e. The molecule has 6 nitrogen and oxygen atoms in total. The number of amides is 1. The van der Waals surface area contributed by atoms with Crippen molar-refractivity contribution < 1.29 is 18.7 Å². The van der Waals surface area contributed by atoms with Gasteiger partial charge in [0.1, 0.15) is 17.9 Å². The summed E-state index contributed by atoms with van der Waals surface area (Å²) in [6.07, 6.45) is 0. The van der Waals surface area contributed by atoms with E-state index in [1.807, 2.05) is 0 Å². The second kappa shape index (κ2) is 7.14. The number of oxazole rings is 1. The third-order valence-corrected chi connectivity index (χ3v) is 3.40. The molecule has 2 aromatic carbocycles. The van der Waals surface area contributed by atoms with Gasteiger partial charge >= 0.3 is 0 Å². The van der Waals surface area contributed by atoms with Crippen molar-refractivity contribution in [3.63, 3.8) is 0 Å². The van der Waals surface area contributed by atoms with Crippen molar-refractivity contribution >= 4 is 22.7 Å². The van der Waals surface area contributed by atoms with Gasteiger partial charge in [0.2, 0.25) is 0 Å². The van der Waals surface area contributed by atoms with Crippen LogP contribution in [0.15, 0.2) is 46.9 Å². The van der Waals surface area contributed by atoms with E-state index in [1.165, 1.54) is 0 Å². The molecule has 0 spiro atoms. The van der Waals surface area contributed by atoms with Crippen molar-refractivity contribution in [1.29, 1.82) is 0 Å². The molecule has 0 aliphatic carbocycles. The van der Waals surface area contributed by atoms with Crippen LogP contribution in [0.5, 0.6) is 5.75 Å². The van der Waals surface area contributed by atoms with Crippen LogP contribution in [0.2, 0.25) is 0 Å². The molecule has 1 heterocycles. The number of aromatic nitrogens is 1. The Morgan fingerprint density at radius 3 is 2.92 bits per heavy atom. The Bertz CT molecular complexity index is 857. The molecule has 0 unspecified atom stereocenters. The van der Waals surface area contributed by atoms with Crippen molar-refractivity contribution in [3.8, 4) is 5.75 Å². The molecular formula is C18H18N2O4. The number of nitrogens with one attached hydrogen (secondary N) is 1. The fourth-order valence-electron chi connectivity index (χ4n) is 2.29. The topological polar surface area (TPSA) is 73.6 Å². The molecule has 1 aromatic heterocycles. The van der Waals surface area contributed by atoms with Gasteiger partial charge in [0.05, 0.1) is 6.61 Å². The van der Waals surface area contributed by atoms with Crippen LogP contribution in [0.3, 0.4) is 0 Å². The average Bonchev–Trinajstić information content (AvgIpc) is 2.95. The van der Waals surface area contributed by atoms with E-state index in [4.69, 9.17) is 13.9 Å². The van der Waals surface area contributed by atoms with E-state index in [1.54, 1.807) is 56.5 Å². The van der Waals surface area contributed by atoms with E-state index in [-0.39, 0.29) is 5.91 Å². The van der Waals surface area contributed by atoms with E-state index in [0.29, 0.717) is 47.2 Å². The van der Waals surface area contributed by atoms with Crippen LogP contribution < -0.4 is 10.1 Å². The number of ether oxygens (including phenoxy) is 2. The molecule has 1 N–H and O–H groups in total. The molecule has 0 aliphatic rings. The van der Waals surface area contributed by atoms with E-state index in [2.05, 4.69) is 10.3 Å². The maximum atomic E-state index is 12.4. The number of carbonyl (C=O) groups excluding carboxylic acids is 1. The summed E-state index contributed by atoms with van der Waals surface area (Å²) < 4.78 is 15.9. The Hall–Kier alpha value is -2.86. The smallest absolute Gasteiger partial charge is 0.255 e. The monoisotopic (exact) mass is 326 g/mol. The standard InChI is InChI=1S/C18H18N2O4/c1-12-19-16-11-14(6-7-17(16)24-12)20-18(21)13-4-3-5-15(10-13)23-9-8-22-2/h3-7,10-11H,8-9H2,1-2H3,(H,20,21). The van der Waals surface area contributed by atoms with Gasteiger partial charge in [0.15, 0.2) is 11.5 Å². The number of anilines is 1. The fourth-order valence-corrected chi connectivity index (χ4v) is 2.29. The van der Waals surface area contributed by atoms with Crippen molar-refractivity contribution in [2.24, 2.45) is 0 Å². The van der Waals surface area contributed by atoms with Gasteiger partial charge in [-0.25, -0.2) is 4.98 Å². The zero-order valence-electron chi connectivity index (χ0n) is 13.5. The van der Waals surface area contributed by atoms with Gasteiger partial charge in [0.25, 0.3) is 5.91 Å². The molecule has 0 saturated carbocycles. The normalized spacial score (nSPS) is 10.8. The molecule has 0 aliphatic heterocycles. The number of methoxy groups -OCH3 is 1. The minimum atomic E-state index is -0.216. The lowest BCUT2D eigenvalue weighted by molar-refractivity contribution is 0.102. The molecule has 0 fully saturated rings. The summed E-state index contributed by atoms with van der Waals surface area (Å²) in [5.41, 5.74) is 2.58. The summed E-state index contributed by atoms with van der Waals surface area (Å²) in [6.45, 7) is 2.71. The third-order valence-electron chi connectivity index (χ3n) is 3.40. The predicted octanol–water partition coefficient (Wildman–Crippen LogP) is 3.41. The average molecular weight is 326 g/mol. The lowest BCUT2D eigenvalue weighted by Gasteiger charge is -2.08. The zero-order valence-corrected chi connectivity index (χ0v) is 13.5. The molecule has 0 saturated heterocycles. The van der Waals surface area contributed by atoms with Gasteiger partial charge in [-0.1, -0.05) is 6.07 Å². The molecule has 124 valence electrons. The number of carbonyl (C=O) groups is 1. The zero-order chi connectivity index (χ0) is 16.9. The van der Waals surface area contributed by atoms with Crippen LogP contribution in [-0.4, -0.2) is 31.2 Å². The number of rotatable bonds is 6. The minimum absolute atomic E-state index is 0.216. The Morgan fingerprint density at radius 2 is 2.08 bits per heavy atom. The number of benzene rings is 2. The van der Waals surface area contributed by atoms with Crippen LogP contribution in [0.25, 0.3) is 11.1 Å². The van der Waals surface area contributed by atoms with Crippen LogP contribution in [0.4, 0.5) is 5.69 Å². The predicted molar refractivity (Wildman–Crippen MR) is 90.5 cm³/mol. The summed E-state index contributed by atoms with van der Waals surface area (Å²) in [6, 6.07) is 12.4. The third kappa shape index (κ3) is 3.72. The molecule has 0 radical (unpaired) electrons. The minimum Gasteiger partial charge on any atom is -0.491 e.